The predicted octanol–water partition coefficient (Wildman–Crippen LogP) is 1.26. The fraction of sp³-hybridized carbons (Fsp3) is 0.389. The van der Waals surface area contributed by atoms with Crippen molar-refractivity contribution in [2.75, 3.05) is 13.1 Å². The molecule has 0 radical (unpaired) electrons. The fourth-order valence-electron chi connectivity index (χ4n) is 2.99. The van der Waals surface area contributed by atoms with Crippen molar-refractivity contribution in [3.8, 4) is 0 Å². The molecule has 1 unspecified atom stereocenters. The monoisotopic (exact) mass is 377 g/mol. The number of nitrogens with one attached hydrogen (secondary N) is 2. The van der Waals surface area contributed by atoms with Gasteiger partial charge in [0.15, 0.2) is 0 Å². The zero-order valence-corrected chi connectivity index (χ0v) is 15.4. The van der Waals surface area contributed by atoms with Crippen molar-refractivity contribution in [3.63, 3.8) is 0 Å². The zero-order valence-electron chi connectivity index (χ0n) is 14.6. The lowest BCUT2D eigenvalue weighted by Gasteiger charge is -2.29. The highest BCUT2D eigenvalue weighted by Crippen LogP contribution is 2.23. The third-order valence-electron chi connectivity index (χ3n) is 4.47. The number of amides is 1. The van der Waals surface area contributed by atoms with Gasteiger partial charge in [0.2, 0.25) is 10.0 Å². The number of hydrogen-bond donors (Lipinski definition) is 3. The number of nitrogens with zero attached hydrogens (tertiary/aromatic N) is 1. The van der Waals surface area contributed by atoms with Gasteiger partial charge in [-0.25, -0.2) is 13.1 Å². The standard InChI is InChI=1S/C18H23N3O4S/c1-13(22)6-9-20-26(24,25)16-5-4-15-12-21(10-7-14(15)11-16)18(23)17-3-2-8-19-17/h2-5,8,11,13,19-20,22H,6-7,9-10,12H2,1H3. The molecular formula is C18H23N3O4S. The van der Waals surface area contributed by atoms with Crippen molar-refractivity contribution in [3.05, 3.63) is 53.3 Å². The lowest BCUT2D eigenvalue weighted by atomic mass is 9.99. The lowest BCUT2D eigenvalue weighted by Crippen LogP contribution is -2.36. The van der Waals surface area contributed by atoms with Crippen LogP contribution in [-0.4, -0.2) is 48.5 Å². The number of sulfonamides is 1. The molecule has 8 heteroatoms. The molecule has 0 aliphatic carbocycles. The first-order valence-corrected chi connectivity index (χ1v) is 10.1. The van der Waals surface area contributed by atoms with E-state index in [1.165, 1.54) is 0 Å². The fourth-order valence-corrected chi connectivity index (χ4v) is 4.09. The second kappa shape index (κ2) is 7.61. The molecule has 1 aliphatic rings. The summed E-state index contributed by atoms with van der Waals surface area (Å²) in [5, 5.41) is 9.25. The number of aliphatic hydroxyl groups excluding tert-OH is 1. The van der Waals surface area contributed by atoms with E-state index in [1.807, 2.05) is 0 Å². The Kier molecular flexibility index (Phi) is 5.45. The Bertz CT molecular complexity index is 876. The van der Waals surface area contributed by atoms with Gasteiger partial charge in [0, 0.05) is 25.8 Å². The van der Waals surface area contributed by atoms with Crippen LogP contribution >= 0.6 is 0 Å². The van der Waals surface area contributed by atoms with Gasteiger partial charge >= 0.3 is 0 Å². The van der Waals surface area contributed by atoms with Crippen LogP contribution in [0.15, 0.2) is 41.4 Å². The lowest BCUT2D eigenvalue weighted by molar-refractivity contribution is 0.0729. The SMILES string of the molecule is CC(O)CCNS(=O)(=O)c1ccc2c(c1)CCN(C(=O)c1ccc[nH]1)C2. The van der Waals surface area contributed by atoms with Crippen LogP contribution in [0.25, 0.3) is 0 Å². The largest absolute Gasteiger partial charge is 0.393 e. The minimum atomic E-state index is -3.60. The Morgan fingerprint density at radius 3 is 2.85 bits per heavy atom. The molecule has 0 fully saturated rings. The van der Waals surface area contributed by atoms with E-state index in [2.05, 4.69) is 9.71 Å². The van der Waals surface area contributed by atoms with Gasteiger partial charge in [-0.3, -0.25) is 4.79 Å². The molecule has 0 saturated carbocycles. The second-order valence-corrected chi connectivity index (χ2v) is 8.29. The van der Waals surface area contributed by atoms with E-state index in [4.69, 9.17) is 0 Å². The van der Waals surface area contributed by atoms with Crippen molar-refractivity contribution >= 4 is 15.9 Å². The molecule has 1 aliphatic heterocycles. The summed E-state index contributed by atoms with van der Waals surface area (Å²) in [6.45, 7) is 2.82. The van der Waals surface area contributed by atoms with Crippen molar-refractivity contribution in [2.24, 2.45) is 0 Å². The topological polar surface area (TPSA) is 102 Å². The number of hydrogen-bond acceptors (Lipinski definition) is 4. The van der Waals surface area contributed by atoms with Gasteiger partial charge in [0.25, 0.3) is 5.91 Å². The van der Waals surface area contributed by atoms with Gasteiger partial charge in [0.1, 0.15) is 5.69 Å². The van der Waals surface area contributed by atoms with E-state index < -0.39 is 16.1 Å². The predicted molar refractivity (Wildman–Crippen MR) is 97.2 cm³/mol. The number of carbonyl (C=O) groups is 1. The van der Waals surface area contributed by atoms with Crippen molar-refractivity contribution < 1.29 is 18.3 Å². The Labute approximate surface area is 153 Å². The summed E-state index contributed by atoms with van der Waals surface area (Å²) >= 11 is 0. The van der Waals surface area contributed by atoms with E-state index in [1.54, 1.807) is 48.4 Å². The molecule has 2 aromatic rings. The highest BCUT2D eigenvalue weighted by molar-refractivity contribution is 7.89. The highest BCUT2D eigenvalue weighted by atomic mass is 32.2. The van der Waals surface area contributed by atoms with Crippen LogP contribution in [0.5, 0.6) is 0 Å². The van der Waals surface area contributed by atoms with Gasteiger partial charge in [-0.2, -0.15) is 0 Å². The smallest absolute Gasteiger partial charge is 0.270 e. The van der Waals surface area contributed by atoms with Gasteiger partial charge in [0.05, 0.1) is 11.0 Å². The molecule has 0 saturated heterocycles. The number of aromatic nitrogens is 1. The van der Waals surface area contributed by atoms with Crippen LogP contribution in [0.3, 0.4) is 0 Å². The summed E-state index contributed by atoms with van der Waals surface area (Å²) in [4.78, 5) is 17.3. The number of fused-ring (bicyclic) bond motifs is 1. The molecule has 1 aromatic heterocycles. The molecule has 1 aromatic carbocycles. The Morgan fingerprint density at radius 2 is 2.15 bits per heavy atom. The minimum absolute atomic E-state index is 0.0582. The summed E-state index contributed by atoms with van der Waals surface area (Å²) < 4.78 is 27.2. The minimum Gasteiger partial charge on any atom is -0.393 e. The Balaban J connectivity index is 1.71. The first-order chi connectivity index (χ1) is 12.4. The van der Waals surface area contributed by atoms with Gasteiger partial charge in [-0.15, -0.1) is 0 Å². The summed E-state index contributed by atoms with van der Waals surface area (Å²) in [6.07, 6.45) is 2.13. The van der Waals surface area contributed by atoms with Gasteiger partial charge in [-0.05, 0) is 55.2 Å². The van der Waals surface area contributed by atoms with Crippen molar-refractivity contribution in [2.45, 2.75) is 37.3 Å². The van der Waals surface area contributed by atoms with Crippen LogP contribution in [0.4, 0.5) is 0 Å². The van der Waals surface area contributed by atoms with E-state index in [9.17, 15) is 18.3 Å². The van der Waals surface area contributed by atoms with E-state index in [0.717, 1.165) is 11.1 Å². The van der Waals surface area contributed by atoms with E-state index in [-0.39, 0.29) is 17.3 Å². The number of aromatic amines is 1. The molecule has 3 N–H and O–H groups in total. The first-order valence-electron chi connectivity index (χ1n) is 8.59. The second-order valence-electron chi connectivity index (χ2n) is 6.53. The maximum Gasteiger partial charge on any atom is 0.270 e. The molecule has 0 spiro atoms. The number of rotatable bonds is 6. The average Bonchev–Trinajstić information content (AvgIpc) is 3.14. The van der Waals surface area contributed by atoms with Crippen LogP contribution in [0.2, 0.25) is 0 Å². The average molecular weight is 377 g/mol. The number of H-pyrrole nitrogens is 1. The Morgan fingerprint density at radius 1 is 1.35 bits per heavy atom. The number of aliphatic hydroxyl groups is 1. The maximum absolute atomic E-state index is 12.4. The van der Waals surface area contributed by atoms with Crippen LogP contribution < -0.4 is 4.72 Å². The Hall–Kier alpha value is -2.16. The molecule has 7 nitrogen and oxygen atoms in total. The maximum atomic E-state index is 12.4. The van der Waals surface area contributed by atoms with Crippen molar-refractivity contribution in [1.82, 2.24) is 14.6 Å². The van der Waals surface area contributed by atoms with Gasteiger partial charge < -0.3 is 15.0 Å². The quantitative estimate of drug-likeness (QED) is 0.705. The molecule has 26 heavy (non-hydrogen) atoms. The number of benzene rings is 1. The molecule has 3 rings (SSSR count). The molecule has 1 amide bonds. The third-order valence-corrected chi connectivity index (χ3v) is 5.93. The molecule has 0 bridgehead atoms. The van der Waals surface area contributed by atoms with Crippen molar-refractivity contribution in [1.29, 1.82) is 0 Å². The highest BCUT2D eigenvalue weighted by Gasteiger charge is 2.24. The van der Waals surface area contributed by atoms with E-state index >= 15 is 0 Å². The first kappa shape index (κ1) is 18.6. The molecule has 1 atom stereocenters. The van der Waals surface area contributed by atoms with Crippen LogP contribution in [0, 0.1) is 0 Å². The van der Waals surface area contributed by atoms with Crippen LogP contribution in [-0.2, 0) is 23.0 Å². The van der Waals surface area contributed by atoms with Crippen LogP contribution in [0.1, 0.15) is 35.0 Å². The third kappa shape index (κ3) is 4.14. The summed E-state index contributed by atoms with van der Waals surface area (Å²) in [5.74, 6) is -0.0582. The van der Waals surface area contributed by atoms with E-state index in [0.29, 0.717) is 31.6 Å². The van der Waals surface area contributed by atoms with Gasteiger partial charge in [-0.1, -0.05) is 6.07 Å². The summed E-state index contributed by atoms with van der Waals surface area (Å²) in [6, 6.07) is 8.54. The zero-order chi connectivity index (χ0) is 18.7. The normalized spacial score (nSPS) is 15.5. The molecular weight excluding hydrogens is 354 g/mol. The number of carbonyl (C=O) groups excluding carboxylic acids is 1. The summed E-state index contributed by atoms with van der Waals surface area (Å²) in [5.41, 5.74) is 2.45. The molecule has 2 heterocycles. The summed E-state index contributed by atoms with van der Waals surface area (Å²) in [7, 11) is -3.60. The molecule has 140 valence electrons.